The number of phenolic OH excluding ortho intramolecular Hbond substituents is 2. The van der Waals surface area contributed by atoms with Gasteiger partial charge in [0.15, 0.2) is 0 Å². The van der Waals surface area contributed by atoms with Crippen molar-refractivity contribution < 1.29 is 10.2 Å². The van der Waals surface area contributed by atoms with Crippen LogP contribution in [-0.2, 0) is 0 Å². The topological polar surface area (TPSA) is 40.5 Å². The monoisotopic (exact) mass is 450 g/mol. The molecular weight excluding hydrogens is 431 g/mol. The summed E-state index contributed by atoms with van der Waals surface area (Å²) in [7, 11) is 0. The van der Waals surface area contributed by atoms with E-state index in [2.05, 4.69) is 22.0 Å². The summed E-state index contributed by atoms with van der Waals surface area (Å²) >= 11 is 3.88. The molecule has 0 unspecified atom stereocenters. The number of hydrogen-bond donors (Lipinski definition) is 2. The first-order valence-electron chi connectivity index (χ1n) is 7.68. The molecule has 0 saturated carbocycles. The van der Waals surface area contributed by atoms with Crippen molar-refractivity contribution >= 4 is 30.4 Å². The molecule has 0 aliphatic rings. The van der Waals surface area contributed by atoms with Crippen LogP contribution in [0.5, 0.6) is 11.5 Å². The van der Waals surface area contributed by atoms with E-state index in [1.807, 2.05) is 52.0 Å². The predicted molar refractivity (Wildman–Crippen MR) is 104 cm³/mol. The Morgan fingerprint density at radius 2 is 1.12 bits per heavy atom. The normalized spacial score (nSPS) is 11.0. The van der Waals surface area contributed by atoms with Crippen molar-refractivity contribution in [3.05, 3.63) is 57.1 Å². The van der Waals surface area contributed by atoms with Gasteiger partial charge in [-0.2, -0.15) is 0 Å². The van der Waals surface area contributed by atoms with E-state index in [1.54, 1.807) is 0 Å². The van der Waals surface area contributed by atoms with E-state index in [9.17, 15) is 10.2 Å². The Morgan fingerprint density at radius 1 is 0.708 bits per heavy atom. The van der Waals surface area contributed by atoms with Crippen LogP contribution in [0.4, 0.5) is 0 Å². The van der Waals surface area contributed by atoms with Crippen LogP contribution in [0.25, 0.3) is 20.0 Å². The molecule has 0 amide bonds. The molecule has 0 bridgehead atoms. The van der Waals surface area contributed by atoms with E-state index in [4.69, 9.17) is 0 Å². The zero-order chi connectivity index (χ0) is 17.6. The summed E-state index contributed by atoms with van der Waals surface area (Å²) < 4.78 is 3.68. The molecule has 3 aromatic rings. The fourth-order valence-electron chi connectivity index (χ4n) is 2.89. The second-order valence-corrected chi connectivity index (χ2v) is 9.27. The second kappa shape index (κ2) is 6.44. The van der Waals surface area contributed by atoms with Gasteiger partial charge in [-0.1, -0.05) is 0 Å². The molecule has 0 aliphatic heterocycles. The molecule has 0 fully saturated rings. The Kier molecular flexibility index (Phi) is 4.65. The summed E-state index contributed by atoms with van der Waals surface area (Å²) in [6.45, 7) is 7.74. The van der Waals surface area contributed by atoms with E-state index >= 15 is 0 Å². The Hall–Kier alpha value is -1.48. The van der Waals surface area contributed by atoms with Crippen molar-refractivity contribution in [2.45, 2.75) is 27.7 Å². The molecule has 0 atom stereocenters. The molecule has 24 heavy (non-hydrogen) atoms. The van der Waals surface area contributed by atoms with Gasteiger partial charge in [0.05, 0.1) is 0 Å². The summed E-state index contributed by atoms with van der Waals surface area (Å²) in [5.41, 5.74) is 5.94. The van der Waals surface area contributed by atoms with E-state index in [0.29, 0.717) is 11.5 Å². The van der Waals surface area contributed by atoms with Crippen LogP contribution in [0.2, 0.25) is 0 Å². The van der Waals surface area contributed by atoms with Gasteiger partial charge in [0.1, 0.15) is 0 Å². The number of aromatic hydroxyl groups is 2. The number of phenols is 2. The zero-order valence-electron chi connectivity index (χ0n) is 14.1. The fourth-order valence-corrected chi connectivity index (χ4v) is 6.26. The average Bonchev–Trinajstić information content (AvgIpc) is 2.91. The van der Waals surface area contributed by atoms with Crippen LogP contribution in [0.15, 0.2) is 34.8 Å². The summed E-state index contributed by atoms with van der Waals surface area (Å²) in [6.07, 6.45) is 0. The third-order valence-corrected chi connectivity index (χ3v) is 8.02. The van der Waals surface area contributed by atoms with Gasteiger partial charge in [0.2, 0.25) is 0 Å². The molecule has 0 aliphatic carbocycles. The summed E-state index contributed by atoms with van der Waals surface area (Å²) in [4.78, 5) is 0. The Labute approximate surface area is 156 Å². The van der Waals surface area contributed by atoms with Gasteiger partial charge in [-0.05, 0) is 0 Å². The molecular formula is C20H19BrO2Se. The Balaban J connectivity index is 2.12. The van der Waals surface area contributed by atoms with Crippen molar-refractivity contribution in [1.82, 2.24) is 0 Å². The van der Waals surface area contributed by atoms with Gasteiger partial charge < -0.3 is 0 Å². The number of benzene rings is 2. The minimum absolute atomic E-state index is 0.171. The van der Waals surface area contributed by atoms with E-state index in [1.165, 1.54) is 14.4 Å². The van der Waals surface area contributed by atoms with Gasteiger partial charge in [0.25, 0.3) is 0 Å². The first kappa shape index (κ1) is 17.3. The van der Waals surface area contributed by atoms with E-state index < -0.39 is 0 Å². The minimum atomic E-state index is 0.171. The van der Waals surface area contributed by atoms with Gasteiger partial charge in [-0.25, -0.2) is 0 Å². The first-order chi connectivity index (χ1) is 11.3. The Morgan fingerprint density at radius 3 is 1.58 bits per heavy atom. The van der Waals surface area contributed by atoms with Crippen LogP contribution >= 0.6 is 15.9 Å². The molecule has 1 aromatic heterocycles. The standard InChI is InChI=1S/C20H19BrO2Se/c1-10-5-14(6-11(2)18(10)22)17-9-16(21)20(24-17)15-7-12(3)19(23)13(4)8-15/h5-9,22-23H,1-4H3. The van der Waals surface area contributed by atoms with Crippen LogP contribution in [0.1, 0.15) is 22.3 Å². The molecule has 2 aromatic carbocycles. The number of halogens is 1. The molecule has 0 radical (unpaired) electrons. The molecule has 0 saturated heterocycles. The van der Waals surface area contributed by atoms with Crippen molar-refractivity contribution in [2.24, 2.45) is 0 Å². The second-order valence-electron chi connectivity index (χ2n) is 6.21. The van der Waals surface area contributed by atoms with Gasteiger partial charge in [-0.15, -0.1) is 0 Å². The van der Waals surface area contributed by atoms with Crippen LogP contribution in [0, 0.1) is 27.7 Å². The molecule has 2 nitrogen and oxygen atoms in total. The SMILES string of the molecule is Cc1cc(-c2cc(Br)c(-c3cc(C)c(O)c(C)c3)[se]2)cc(C)c1O. The summed E-state index contributed by atoms with van der Waals surface area (Å²) in [5.74, 6) is 0.751. The van der Waals surface area contributed by atoms with Crippen molar-refractivity contribution in [3.63, 3.8) is 0 Å². The third kappa shape index (κ3) is 3.06. The number of rotatable bonds is 2. The average molecular weight is 450 g/mol. The summed E-state index contributed by atoms with van der Waals surface area (Å²) in [6, 6.07) is 10.4. The third-order valence-electron chi connectivity index (χ3n) is 4.22. The molecule has 124 valence electrons. The molecule has 3 rings (SSSR count). The quantitative estimate of drug-likeness (QED) is 0.508. The Bertz CT molecular complexity index is 895. The van der Waals surface area contributed by atoms with Crippen LogP contribution < -0.4 is 0 Å². The molecule has 4 heteroatoms. The maximum atomic E-state index is 10.00. The van der Waals surface area contributed by atoms with Crippen molar-refractivity contribution in [1.29, 1.82) is 0 Å². The van der Waals surface area contributed by atoms with Crippen molar-refractivity contribution in [3.8, 4) is 31.5 Å². The number of hydrogen-bond acceptors (Lipinski definition) is 2. The molecule has 1 heterocycles. The first-order valence-corrected chi connectivity index (χ1v) is 10.2. The van der Waals surface area contributed by atoms with Crippen LogP contribution in [-0.4, -0.2) is 24.7 Å². The zero-order valence-corrected chi connectivity index (χ0v) is 17.4. The van der Waals surface area contributed by atoms with Gasteiger partial charge in [0, 0.05) is 0 Å². The van der Waals surface area contributed by atoms with Crippen molar-refractivity contribution in [2.75, 3.05) is 0 Å². The maximum absolute atomic E-state index is 10.00. The van der Waals surface area contributed by atoms with E-state index in [-0.39, 0.29) is 14.5 Å². The number of aryl methyl sites for hydroxylation is 4. The van der Waals surface area contributed by atoms with Crippen LogP contribution in [0.3, 0.4) is 0 Å². The predicted octanol–water partition coefficient (Wildman–Crippen LogP) is 5.48. The summed E-state index contributed by atoms with van der Waals surface area (Å²) in [5, 5.41) is 20.0. The molecule has 0 spiro atoms. The molecule has 2 N–H and O–H groups in total. The fraction of sp³-hybridized carbons (Fsp3) is 0.200. The van der Waals surface area contributed by atoms with Gasteiger partial charge >= 0.3 is 157 Å². The van der Waals surface area contributed by atoms with Gasteiger partial charge in [-0.3, -0.25) is 0 Å². The van der Waals surface area contributed by atoms with E-state index in [0.717, 1.165) is 32.3 Å².